The summed E-state index contributed by atoms with van der Waals surface area (Å²) in [5.74, 6) is 0. The number of carbonyl (C=O) groups excluding carboxylic acids is 1. The highest BCUT2D eigenvalue weighted by atomic mass is 79.9. The summed E-state index contributed by atoms with van der Waals surface area (Å²) in [6.45, 7) is 1.64. The quantitative estimate of drug-likeness (QED) is 0.790. The molecule has 0 fully saturated rings. The van der Waals surface area contributed by atoms with Crippen LogP contribution in [-0.2, 0) is 0 Å². The number of rotatable bonds is 6. The van der Waals surface area contributed by atoms with Gasteiger partial charge in [0.1, 0.15) is 0 Å². The van der Waals surface area contributed by atoms with Gasteiger partial charge in [0.15, 0.2) is 0 Å². The molecular weight excluding hydrogens is 306 g/mol. The Bertz CT molecular complexity index is 432. The zero-order chi connectivity index (χ0) is 14.1. The third-order valence-electron chi connectivity index (χ3n) is 2.41. The van der Waals surface area contributed by atoms with E-state index in [4.69, 9.17) is 0 Å². The zero-order valence-corrected chi connectivity index (χ0v) is 12.9. The zero-order valence-electron chi connectivity index (χ0n) is 11.3. The van der Waals surface area contributed by atoms with Gasteiger partial charge in [0, 0.05) is 17.2 Å². The molecule has 0 aliphatic heterocycles. The van der Waals surface area contributed by atoms with Crippen molar-refractivity contribution >= 4 is 28.0 Å². The van der Waals surface area contributed by atoms with Crippen LogP contribution in [0.5, 0.6) is 0 Å². The summed E-state index contributed by atoms with van der Waals surface area (Å²) < 4.78 is 1.02. The molecule has 1 rings (SSSR count). The number of nitrogens with zero attached hydrogens (tertiary/aromatic N) is 1. The lowest BCUT2D eigenvalue weighted by Gasteiger charge is -2.09. The number of hydrogen-bond acceptors (Lipinski definition) is 2. The normalized spacial score (nSPS) is 10.9. The van der Waals surface area contributed by atoms with Gasteiger partial charge in [-0.3, -0.25) is 0 Å². The standard InChI is InChI=1S/C14H20BrN3O/c1-18(2)10-4-8-16-14(19)17-9-7-12-5-3-6-13(15)11-12/h3,5-7,9,11H,4,8,10H2,1-2H3,(H2,16,17,19)/b9-7+. The lowest BCUT2D eigenvalue weighted by molar-refractivity contribution is 0.243. The fourth-order valence-electron chi connectivity index (χ4n) is 1.47. The summed E-state index contributed by atoms with van der Waals surface area (Å²) in [6, 6.07) is 7.68. The Labute approximate surface area is 123 Å². The average molecular weight is 326 g/mol. The Morgan fingerprint density at radius 3 is 2.89 bits per heavy atom. The van der Waals surface area contributed by atoms with Crippen LogP contribution in [0.4, 0.5) is 4.79 Å². The lowest BCUT2D eigenvalue weighted by atomic mass is 10.2. The van der Waals surface area contributed by atoms with Gasteiger partial charge in [0.05, 0.1) is 0 Å². The molecule has 2 amide bonds. The molecule has 1 aromatic rings. The Morgan fingerprint density at radius 2 is 2.21 bits per heavy atom. The van der Waals surface area contributed by atoms with Crippen molar-refractivity contribution in [3.8, 4) is 0 Å². The minimum absolute atomic E-state index is 0.176. The van der Waals surface area contributed by atoms with Crippen molar-refractivity contribution in [2.24, 2.45) is 0 Å². The van der Waals surface area contributed by atoms with E-state index in [0.717, 1.165) is 23.0 Å². The van der Waals surface area contributed by atoms with Gasteiger partial charge >= 0.3 is 6.03 Å². The molecule has 0 aliphatic carbocycles. The molecule has 4 nitrogen and oxygen atoms in total. The second-order valence-corrected chi connectivity index (χ2v) is 5.36. The molecule has 0 saturated heterocycles. The van der Waals surface area contributed by atoms with Gasteiger partial charge < -0.3 is 15.5 Å². The van der Waals surface area contributed by atoms with Crippen molar-refractivity contribution in [3.05, 3.63) is 40.5 Å². The molecule has 104 valence electrons. The number of carbonyl (C=O) groups is 1. The maximum Gasteiger partial charge on any atom is 0.318 e. The monoisotopic (exact) mass is 325 g/mol. The molecule has 0 radical (unpaired) electrons. The Kier molecular flexibility index (Phi) is 7.22. The van der Waals surface area contributed by atoms with Crippen LogP contribution in [0.3, 0.4) is 0 Å². The van der Waals surface area contributed by atoms with Crippen molar-refractivity contribution in [1.82, 2.24) is 15.5 Å². The predicted molar refractivity (Wildman–Crippen MR) is 82.9 cm³/mol. The molecule has 0 atom stereocenters. The van der Waals surface area contributed by atoms with Crippen LogP contribution in [0, 0.1) is 0 Å². The predicted octanol–water partition coefficient (Wildman–Crippen LogP) is 2.67. The lowest BCUT2D eigenvalue weighted by Crippen LogP contribution is -2.33. The average Bonchev–Trinajstić information content (AvgIpc) is 2.34. The summed E-state index contributed by atoms with van der Waals surface area (Å²) >= 11 is 3.40. The van der Waals surface area contributed by atoms with Gasteiger partial charge in [0.2, 0.25) is 0 Å². The first kappa shape index (κ1) is 15.7. The van der Waals surface area contributed by atoms with E-state index in [1.165, 1.54) is 0 Å². The van der Waals surface area contributed by atoms with E-state index in [2.05, 4.69) is 31.5 Å². The Balaban J connectivity index is 2.23. The van der Waals surface area contributed by atoms with Crippen LogP contribution in [0.1, 0.15) is 12.0 Å². The second kappa shape index (κ2) is 8.72. The van der Waals surface area contributed by atoms with Crippen LogP contribution in [0.25, 0.3) is 6.08 Å². The number of hydrogen-bond donors (Lipinski definition) is 2. The van der Waals surface area contributed by atoms with Crippen LogP contribution in [-0.4, -0.2) is 38.1 Å². The van der Waals surface area contributed by atoms with Gasteiger partial charge in [-0.05, 0) is 50.8 Å². The summed E-state index contributed by atoms with van der Waals surface area (Å²) in [7, 11) is 4.03. The minimum atomic E-state index is -0.176. The van der Waals surface area contributed by atoms with Crippen LogP contribution >= 0.6 is 15.9 Å². The molecule has 5 heteroatoms. The molecule has 0 spiro atoms. The third kappa shape index (κ3) is 7.64. The van der Waals surface area contributed by atoms with E-state index in [9.17, 15) is 4.79 Å². The smallest absolute Gasteiger partial charge is 0.318 e. The van der Waals surface area contributed by atoms with Gasteiger partial charge in [0.25, 0.3) is 0 Å². The Hall–Kier alpha value is -1.33. The van der Waals surface area contributed by atoms with E-state index in [-0.39, 0.29) is 6.03 Å². The molecule has 1 aromatic carbocycles. The van der Waals surface area contributed by atoms with E-state index < -0.39 is 0 Å². The molecule has 19 heavy (non-hydrogen) atoms. The van der Waals surface area contributed by atoms with Crippen LogP contribution in [0.2, 0.25) is 0 Å². The highest BCUT2D eigenvalue weighted by Crippen LogP contribution is 2.12. The Morgan fingerprint density at radius 1 is 1.42 bits per heavy atom. The number of halogens is 1. The van der Waals surface area contributed by atoms with Crippen LogP contribution in [0.15, 0.2) is 34.9 Å². The summed E-state index contributed by atoms with van der Waals surface area (Å²) in [6.07, 6.45) is 4.43. The molecule has 0 heterocycles. The fourth-order valence-corrected chi connectivity index (χ4v) is 1.89. The van der Waals surface area contributed by atoms with Crippen molar-refractivity contribution in [2.45, 2.75) is 6.42 Å². The third-order valence-corrected chi connectivity index (χ3v) is 2.90. The maximum atomic E-state index is 11.4. The molecule has 0 bridgehead atoms. The molecule has 2 N–H and O–H groups in total. The number of urea groups is 1. The highest BCUT2D eigenvalue weighted by Gasteiger charge is 1.96. The van der Waals surface area contributed by atoms with Crippen molar-refractivity contribution < 1.29 is 4.79 Å². The number of benzene rings is 1. The molecule has 0 unspecified atom stereocenters. The van der Waals surface area contributed by atoms with Crippen molar-refractivity contribution in [3.63, 3.8) is 0 Å². The summed E-state index contributed by atoms with van der Waals surface area (Å²) in [4.78, 5) is 13.5. The topological polar surface area (TPSA) is 44.4 Å². The fraction of sp³-hybridized carbons (Fsp3) is 0.357. The molecule has 0 aromatic heterocycles. The largest absolute Gasteiger partial charge is 0.338 e. The molecule has 0 aliphatic rings. The maximum absolute atomic E-state index is 11.4. The first-order valence-electron chi connectivity index (χ1n) is 6.19. The van der Waals surface area contributed by atoms with Gasteiger partial charge in [-0.25, -0.2) is 4.79 Å². The number of nitrogens with one attached hydrogen (secondary N) is 2. The minimum Gasteiger partial charge on any atom is -0.338 e. The number of amides is 2. The highest BCUT2D eigenvalue weighted by molar-refractivity contribution is 9.10. The van der Waals surface area contributed by atoms with E-state index in [1.54, 1.807) is 6.20 Å². The van der Waals surface area contributed by atoms with E-state index in [1.807, 2.05) is 44.4 Å². The molecule has 0 saturated carbocycles. The SMILES string of the molecule is CN(C)CCCNC(=O)N/C=C/c1cccc(Br)c1. The van der Waals surface area contributed by atoms with E-state index in [0.29, 0.717) is 6.54 Å². The summed E-state index contributed by atoms with van der Waals surface area (Å²) in [5.41, 5.74) is 1.03. The molecular formula is C14H20BrN3O. The van der Waals surface area contributed by atoms with Gasteiger partial charge in [-0.15, -0.1) is 0 Å². The van der Waals surface area contributed by atoms with E-state index >= 15 is 0 Å². The first-order chi connectivity index (χ1) is 9.08. The van der Waals surface area contributed by atoms with Crippen LogP contribution < -0.4 is 10.6 Å². The first-order valence-corrected chi connectivity index (χ1v) is 6.98. The van der Waals surface area contributed by atoms with Gasteiger partial charge in [-0.2, -0.15) is 0 Å². The van der Waals surface area contributed by atoms with Gasteiger partial charge in [-0.1, -0.05) is 28.1 Å². The second-order valence-electron chi connectivity index (χ2n) is 4.45. The summed E-state index contributed by atoms with van der Waals surface area (Å²) in [5, 5.41) is 5.48. The van der Waals surface area contributed by atoms with Crippen molar-refractivity contribution in [1.29, 1.82) is 0 Å². The van der Waals surface area contributed by atoms with Crippen molar-refractivity contribution in [2.75, 3.05) is 27.2 Å².